The van der Waals surface area contributed by atoms with Gasteiger partial charge in [-0.25, -0.2) is 0 Å². The van der Waals surface area contributed by atoms with Crippen LogP contribution in [-0.4, -0.2) is 133 Å². The maximum absolute atomic E-state index is 12.5. The van der Waals surface area contributed by atoms with Gasteiger partial charge in [-0.05, 0) is 19.4 Å². The normalized spacial score (nSPS) is 63.9. The van der Waals surface area contributed by atoms with Crippen molar-refractivity contribution >= 4 is 0 Å². The van der Waals surface area contributed by atoms with E-state index in [1.165, 1.54) is 7.11 Å². The predicted molar refractivity (Wildman–Crippen MR) is 117 cm³/mol. The fourth-order valence-electron chi connectivity index (χ4n) is 10.9. The lowest BCUT2D eigenvalue weighted by Gasteiger charge is -2.69. The third kappa shape index (κ3) is 2.14. The fourth-order valence-corrected chi connectivity index (χ4v) is 10.9. The van der Waals surface area contributed by atoms with Crippen LogP contribution >= 0.6 is 0 Å². The summed E-state index contributed by atoms with van der Waals surface area (Å²) in [5.74, 6) is -2.05. The summed E-state index contributed by atoms with van der Waals surface area (Å²) >= 11 is 0. The molecule has 5 aliphatic carbocycles. The number of likely N-dealkylation sites (tertiary alicyclic amines) is 1. The van der Waals surface area contributed by atoms with Gasteiger partial charge in [-0.3, -0.25) is 0 Å². The second-order valence-corrected chi connectivity index (χ2v) is 12.0. The van der Waals surface area contributed by atoms with Crippen molar-refractivity contribution in [1.82, 2.24) is 4.90 Å². The standard InChI is InChI=1S/C24H39NO9/c1-25-8-21(9-31-2)11(26)6-12(32-3)23-10-7-22(29)18(27)13(10)24(30,19(28)20(22)34-5)14(17(23)25)15(33-4)16(21)23/h10-20,26-30H,6-9H2,1-5H3/t10-,11-,12+,13-,14?,15+,16-,17?,18-,19+,20+,21+,22-,23?,24-/m1/s1. The second-order valence-electron chi connectivity index (χ2n) is 12.0. The van der Waals surface area contributed by atoms with E-state index in [1.807, 2.05) is 7.05 Å². The Morgan fingerprint density at radius 2 is 1.65 bits per heavy atom. The highest BCUT2D eigenvalue weighted by Gasteiger charge is 2.90. The Labute approximate surface area is 199 Å². The minimum atomic E-state index is -1.76. The van der Waals surface area contributed by atoms with Gasteiger partial charge in [0.1, 0.15) is 23.4 Å². The number of aliphatic hydroxyl groups is 5. The summed E-state index contributed by atoms with van der Waals surface area (Å²) in [5.41, 5.74) is -4.81. The van der Waals surface area contributed by atoms with E-state index in [4.69, 9.17) is 18.9 Å². The topological polar surface area (TPSA) is 141 Å². The van der Waals surface area contributed by atoms with Gasteiger partial charge in [0.15, 0.2) is 0 Å². The number of methoxy groups -OCH3 is 4. The molecular formula is C24H39NO9. The van der Waals surface area contributed by atoms with E-state index in [-0.39, 0.29) is 18.4 Å². The molecule has 6 fully saturated rings. The van der Waals surface area contributed by atoms with Crippen molar-refractivity contribution in [1.29, 1.82) is 0 Å². The first kappa shape index (κ1) is 24.0. The third-order valence-corrected chi connectivity index (χ3v) is 11.4. The highest BCUT2D eigenvalue weighted by atomic mass is 16.5. The molecule has 0 aromatic rings. The maximum Gasteiger partial charge on any atom is 0.120 e. The molecular weight excluding hydrogens is 446 g/mol. The molecule has 0 amide bonds. The van der Waals surface area contributed by atoms with Crippen molar-refractivity contribution in [3.63, 3.8) is 0 Å². The first-order chi connectivity index (χ1) is 16.1. The Bertz CT molecular complexity index is 862. The van der Waals surface area contributed by atoms with Crippen molar-refractivity contribution < 1.29 is 44.5 Å². The summed E-state index contributed by atoms with van der Waals surface area (Å²) in [6, 6.07) is -0.254. The molecule has 1 heterocycles. The third-order valence-electron chi connectivity index (χ3n) is 11.4. The van der Waals surface area contributed by atoms with Crippen LogP contribution in [0.25, 0.3) is 0 Å². The van der Waals surface area contributed by atoms with E-state index in [0.29, 0.717) is 19.6 Å². The molecule has 194 valence electrons. The van der Waals surface area contributed by atoms with Gasteiger partial charge in [0.2, 0.25) is 0 Å². The van der Waals surface area contributed by atoms with Crippen LogP contribution in [0.15, 0.2) is 0 Å². The second kappa shape index (κ2) is 7.12. The number of nitrogens with zero attached hydrogens (tertiary/aromatic N) is 1. The van der Waals surface area contributed by atoms with Gasteiger partial charge in [-0.15, -0.1) is 0 Å². The molecule has 15 atom stereocenters. The number of piperidine rings is 1. The summed E-state index contributed by atoms with van der Waals surface area (Å²) < 4.78 is 23.6. The zero-order valence-corrected chi connectivity index (χ0v) is 20.5. The van der Waals surface area contributed by atoms with Crippen LogP contribution in [0.1, 0.15) is 12.8 Å². The number of ether oxygens (including phenoxy) is 4. The SMILES string of the molecule is COC[C@]12CN(C)C3C4[C@H](OC)[C@H]1C3([C@@H](OC)C[C@H]2O)[C@@H]1C[C@@]2(O)[C@H](O)[C@@H]1[C@]4(O)[C@@H](O)[C@@H]2OC. The van der Waals surface area contributed by atoms with Gasteiger partial charge in [0.05, 0.1) is 31.0 Å². The van der Waals surface area contributed by atoms with Crippen molar-refractivity contribution in [3.05, 3.63) is 0 Å². The van der Waals surface area contributed by atoms with Crippen molar-refractivity contribution in [2.24, 2.45) is 34.5 Å². The van der Waals surface area contributed by atoms with Crippen LogP contribution in [0.2, 0.25) is 0 Å². The Morgan fingerprint density at radius 3 is 2.24 bits per heavy atom. The Morgan fingerprint density at radius 1 is 0.941 bits per heavy atom. The van der Waals surface area contributed by atoms with Gasteiger partial charge in [0, 0.05) is 76.0 Å². The molecule has 1 saturated heterocycles. The van der Waals surface area contributed by atoms with Crippen LogP contribution in [0.4, 0.5) is 0 Å². The molecule has 10 nitrogen and oxygen atoms in total. The van der Waals surface area contributed by atoms with Crippen LogP contribution in [0.5, 0.6) is 0 Å². The summed E-state index contributed by atoms with van der Waals surface area (Å²) in [4.78, 5) is 2.17. The average molecular weight is 486 g/mol. The minimum Gasteiger partial charge on any atom is -0.392 e. The summed E-state index contributed by atoms with van der Waals surface area (Å²) in [6.07, 6.45) is -4.96. The summed E-state index contributed by atoms with van der Waals surface area (Å²) in [7, 11) is 8.24. The molecule has 7 bridgehead atoms. The van der Waals surface area contributed by atoms with Crippen LogP contribution in [-0.2, 0) is 18.9 Å². The lowest BCUT2D eigenvalue weighted by molar-refractivity contribution is -0.319. The number of rotatable bonds is 5. The smallest absolute Gasteiger partial charge is 0.120 e. The fraction of sp³-hybridized carbons (Fsp3) is 1.00. The Hall–Kier alpha value is -0.400. The average Bonchev–Trinajstić information content (AvgIpc) is 3.17. The molecule has 6 aliphatic rings. The van der Waals surface area contributed by atoms with E-state index in [9.17, 15) is 25.5 Å². The Balaban J connectivity index is 1.67. The molecule has 0 aromatic carbocycles. The van der Waals surface area contributed by atoms with Crippen LogP contribution < -0.4 is 0 Å². The van der Waals surface area contributed by atoms with Crippen molar-refractivity contribution in [3.8, 4) is 0 Å². The lowest BCUT2D eigenvalue weighted by atomic mass is 9.42. The van der Waals surface area contributed by atoms with Crippen LogP contribution in [0.3, 0.4) is 0 Å². The Kier molecular flexibility index (Phi) is 5.02. The molecule has 34 heavy (non-hydrogen) atoms. The largest absolute Gasteiger partial charge is 0.392 e. The first-order valence-electron chi connectivity index (χ1n) is 12.3. The predicted octanol–water partition coefficient (Wildman–Crippen LogP) is -2.18. The van der Waals surface area contributed by atoms with Crippen LogP contribution in [0, 0.1) is 34.5 Å². The number of hydrogen-bond donors (Lipinski definition) is 5. The minimum absolute atomic E-state index is 0.153. The summed E-state index contributed by atoms with van der Waals surface area (Å²) in [5, 5.41) is 58.9. The molecule has 0 radical (unpaired) electrons. The number of aliphatic hydroxyl groups excluding tert-OH is 3. The van der Waals surface area contributed by atoms with Crippen molar-refractivity contribution in [2.75, 3.05) is 48.6 Å². The molecule has 5 N–H and O–H groups in total. The maximum atomic E-state index is 12.5. The number of hydrogen-bond acceptors (Lipinski definition) is 10. The van der Waals surface area contributed by atoms with Crippen molar-refractivity contribution in [2.45, 2.75) is 66.7 Å². The van der Waals surface area contributed by atoms with E-state index in [0.717, 1.165) is 0 Å². The number of fused-ring (bicyclic) bond motifs is 2. The highest BCUT2D eigenvalue weighted by Crippen LogP contribution is 2.79. The zero-order valence-electron chi connectivity index (χ0n) is 20.5. The zero-order chi connectivity index (χ0) is 24.6. The molecule has 3 unspecified atom stereocenters. The molecule has 10 heteroatoms. The quantitative estimate of drug-likeness (QED) is 0.292. The lowest BCUT2D eigenvalue weighted by Crippen LogP contribution is -2.80. The monoisotopic (exact) mass is 485 g/mol. The van der Waals surface area contributed by atoms with Gasteiger partial charge in [-0.2, -0.15) is 0 Å². The van der Waals surface area contributed by atoms with Gasteiger partial charge in [0.25, 0.3) is 0 Å². The molecule has 1 aliphatic heterocycles. The molecule has 6 rings (SSSR count). The molecule has 1 spiro atoms. The summed E-state index contributed by atoms with van der Waals surface area (Å²) in [6.45, 7) is 0.836. The van der Waals surface area contributed by atoms with E-state index in [1.54, 1.807) is 21.3 Å². The van der Waals surface area contributed by atoms with E-state index in [2.05, 4.69) is 4.90 Å². The molecule has 0 aromatic heterocycles. The molecule has 5 saturated carbocycles. The highest BCUT2D eigenvalue weighted by molar-refractivity contribution is 5.39. The van der Waals surface area contributed by atoms with E-state index >= 15 is 0 Å². The van der Waals surface area contributed by atoms with E-state index < -0.39 is 76.4 Å². The van der Waals surface area contributed by atoms with Gasteiger partial charge in [-0.1, -0.05) is 0 Å². The first-order valence-corrected chi connectivity index (χ1v) is 12.3. The van der Waals surface area contributed by atoms with Gasteiger partial charge < -0.3 is 49.4 Å². The van der Waals surface area contributed by atoms with Gasteiger partial charge >= 0.3 is 0 Å².